The molecule has 2 aliphatic heterocycles. The molecule has 1 unspecified atom stereocenters. The van der Waals surface area contributed by atoms with Crippen molar-refractivity contribution in [3.63, 3.8) is 0 Å². The Balaban J connectivity index is 1.38. The maximum Gasteiger partial charge on any atom is 0.256 e. The van der Waals surface area contributed by atoms with Crippen molar-refractivity contribution in [1.29, 1.82) is 0 Å². The van der Waals surface area contributed by atoms with Crippen molar-refractivity contribution < 1.29 is 9.59 Å². The Kier molecular flexibility index (Phi) is 6.00. The van der Waals surface area contributed by atoms with E-state index in [0.29, 0.717) is 43.0 Å². The second kappa shape index (κ2) is 9.08. The summed E-state index contributed by atoms with van der Waals surface area (Å²) >= 11 is 0. The van der Waals surface area contributed by atoms with Gasteiger partial charge in [0.25, 0.3) is 11.5 Å². The Bertz CT molecular complexity index is 1100. The third-order valence-electron chi connectivity index (χ3n) is 7.34. The number of aryl methyl sites for hydroxylation is 1. The first-order chi connectivity index (χ1) is 16.0. The lowest BCUT2D eigenvalue weighted by Crippen LogP contribution is -2.43. The summed E-state index contributed by atoms with van der Waals surface area (Å²) in [6, 6.07) is 3.38. The lowest BCUT2D eigenvalue weighted by molar-refractivity contribution is -0.136. The summed E-state index contributed by atoms with van der Waals surface area (Å²) in [7, 11) is 0. The fourth-order valence-corrected chi connectivity index (χ4v) is 5.44. The molecule has 1 atom stereocenters. The van der Waals surface area contributed by atoms with Crippen molar-refractivity contribution >= 4 is 11.8 Å². The highest BCUT2D eigenvalue weighted by molar-refractivity contribution is 5.94. The molecule has 1 saturated heterocycles. The number of rotatable bonds is 3. The Labute approximate surface area is 193 Å². The molecule has 33 heavy (non-hydrogen) atoms. The molecule has 2 amide bonds. The molecule has 2 fully saturated rings. The van der Waals surface area contributed by atoms with Crippen molar-refractivity contribution in [2.75, 3.05) is 13.1 Å². The zero-order valence-electron chi connectivity index (χ0n) is 19.2. The number of likely N-dealkylation sites (tertiary alicyclic amines) is 1. The molecule has 3 aliphatic rings. The fraction of sp³-hybridized carbons (Fsp3) is 0.560. The monoisotopic (exact) mass is 449 g/mol. The standard InChI is InChI=1S/C25H31N5O3/c1-16-9-10-18(14-26-16)25(33)30-12-5-4-8-21(30)22-27-20-11-13-29(15-19(20)23(31)28-22)24(32)17-6-2-3-7-17/h9-10,14,17,21H,2-8,11-13,15H2,1H3,(H,27,28,31). The minimum absolute atomic E-state index is 0.0825. The number of piperidine rings is 1. The van der Waals surface area contributed by atoms with Gasteiger partial charge in [0.05, 0.1) is 29.4 Å². The quantitative estimate of drug-likeness (QED) is 0.777. The second-order valence-corrected chi connectivity index (χ2v) is 9.57. The number of amides is 2. The van der Waals surface area contributed by atoms with E-state index in [1.54, 1.807) is 12.3 Å². The maximum atomic E-state index is 13.2. The molecule has 174 valence electrons. The molecule has 8 heteroatoms. The van der Waals surface area contributed by atoms with Crippen LogP contribution in [0.15, 0.2) is 23.1 Å². The van der Waals surface area contributed by atoms with Crippen molar-refractivity contribution in [2.45, 2.75) is 70.9 Å². The molecule has 0 radical (unpaired) electrons. The largest absolute Gasteiger partial charge is 0.337 e. The Morgan fingerprint density at radius 1 is 1.06 bits per heavy atom. The summed E-state index contributed by atoms with van der Waals surface area (Å²) in [5.74, 6) is 0.761. The third kappa shape index (κ3) is 4.30. The van der Waals surface area contributed by atoms with Crippen LogP contribution in [0.5, 0.6) is 0 Å². The second-order valence-electron chi connectivity index (χ2n) is 9.57. The van der Waals surface area contributed by atoms with Crippen molar-refractivity contribution in [1.82, 2.24) is 24.8 Å². The third-order valence-corrected chi connectivity index (χ3v) is 7.34. The van der Waals surface area contributed by atoms with Crippen LogP contribution in [-0.4, -0.2) is 49.7 Å². The molecule has 0 bridgehead atoms. The Morgan fingerprint density at radius 2 is 1.85 bits per heavy atom. The molecular weight excluding hydrogens is 418 g/mol. The number of hydrogen-bond donors (Lipinski definition) is 1. The summed E-state index contributed by atoms with van der Waals surface area (Å²) in [4.78, 5) is 54.8. The van der Waals surface area contributed by atoms with E-state index in [4.69, 9.17) is 4.98 Å². The lowest BCUT2D eigenvalue weighted by Gasteiger charge is -2.36. The van der Waals surface area contributed by atoms with Gasteiger partial charge in [0.15, 0.2) is 0 Å². The summed E-state index contributed by atoms with van der Waals surface area (Å²) in [6.07, 6.45) is 8.99. The smallest absolute Gasteiger partial charge is 0.256 e. The van der Waals surface area contributed by atoms with Crippen LogP contribution in [0, 0.1) is 12.8 Å². The molecule has 8 nitrogen and oxygen atoms in total. The molecule has 0 aromatic carbocycles. The van der Waals surface area contributed by atoms with E-state index in [9.17, 15) is 14.4 Å². The molecule has 5 rings (SSSR count). The number of fused-ring (bicyclic) bond motifs is 1. The predicted octanol–water partition coefficient (Wildman–Crippen LogP) is 2.92. The van der Waals surface area contributed by atoms with Crippen molar-refractivity contribution in [3.8, 4) is 0 Å². The van der Waals surface area contributed by atoms with Gasteiger partial charge in [-0.15, -0.1) is 0 Å². The Morgan fingerprint density at radius 3 is 2.61 bits per heavy atom. The normalized spacial score (nSPS) is 21.2. The first-order valence-corrected chi connectivity index (χ1v) is 12.2. The van der Waals surface area contributed by atoms with Gasteiger partial charge < -0.3 is 14.8 Å². The maximum absolute atomic E-state index is 13.2. The number of nitrogens with zero attached hydrogens (tertiary/aromatic N) is 4. The van der Waals surface area contributed by atoms with Gasteiger partial charge >= 0.3 is 0 Å². The number of aromatic nitrogens is 3. The van der Waals surface area contributed by atoms with Crippen LogP contribution in [0.25, 0.3) is 0 Å². The van der Waals surface area contributed by atoms with Crippen LogP contribution < -0.4 is 5.56 Å². The molecule has 1 aliphatic carbocycles. The average molecular weight is 450 g/mol. The SMILES string of the molecule is Cc1ccc(C(=O)N2CCCCC2c2nc3c(c(=O)[nH]2)CN(C(=O)C2CCCC2)CC3)cn1. The van der Waals surface area contributed by atoms with Crippen LogP contribution >= 0.6 is 0 Å². The van der Waals surface area contributed by atoms with Crippen LogP contribution in [0.4, 0.5) is 0 Å². The lowest BCUT2D eigenvalue weighted by atomic mass is 9.99. The van der Waals surface area contributed by atoms with Gasteiger partial charge in [-0.2, -0.15) is 0 Å². The van der Waals surface area contributed by atoms with Gasteiger partial charge in [-0.25, -0.2) is 4.98 Å². The Hall–Kier alpha value is -3.03. The number of hydrogen-bond acceptors (Lipinski definition) is 5. The van der Waals surface area contributed by atoms with E-state index >= 15 is 0 Å². The van der Waals surface area contributed by atoms with Crippen LogP contribution in [-0.2, 0) is 17.8 Å². The zero-order chi connectivity index (χ0) is 22.9. The topological polar surface area (TPSA) is 99.3 Å². The van der Waals surface area contributed by atoms with Crippen LogP contribution in [0.1, 0.15) is 84.1 Å². The first-order valence-electron chi connectivity index (χ1n) is 12.2. The number of nitrogens with one attached hydrogen (secondary N) is 1. The average Bonchev–Trinajstić information content (AvgIpc) is 3.38. The summed E-state index contributed by atoms with van der Waals surface area (Å²) in [5.41, 5.74) is 2.58. The van der Waals surface area contributed by atoms with Crippen molar-refractivity contribution in [3.05, 3.63) is 57.0 Å². The van der Waals surface area contributed by atoms with E-state index in [1.165, 1.54) is 0 Å². The fourth-order valence-electron chi connectivity index (χ4n) is 5.44. The number of H-pyrrole nitrogens is 1. The molecule has 4 heterocycles. The summed E-state index contributed by atoms with van der Waals surface area (Å²) in [5, 5.41) is 0. The number of aromatic amines is 1. The molecular formula is C25H31N5O3. The number of carbonyl (C=O) groups is 2. The van der Waals surface area contributed by atoms with E-state index < -0.39 is 0 Å². The van der Waals surface area contributed by atoms with Gasteiger partial charge in [-0.05, 0) is 51.2 Å². The van der Waals surface area contributed by atoms with E-state index in [-0.39, 0.29) is 29.3 Å². The number of carbonyl (C=O) groups excluding carboxylic acids is 2. The van der Waals surface area contributed by atoms with E-state index in [1.807, 2.05) is 22.8 Å². The molecule has 1 saturated carbocycles. The minimum Gasteiger partial charge on any atom is -0.337 e. The molecule has 2 aromatic rings. The van der Waals surface area contributed by atoms with Crippen LogP contribution in [0.2, 0.25) is 0 Å². The highest BCUT2D eigenvalue weighted by Crippen LogP contribution is 2.31. The molecule has 0 spiro atoms. The minimum atomic E-state index is -0.260. The summed E-state index contributed by atoms with van der Waals surface area (Å²) < 4.78 is 0. The highest BCUT2D eigenvalue weighted by Gasteiger charge is 2.34. The highest BCUT2D eigenvalue weighted by atomic mass is 16.2. The van der Waals surface area contributed by atoms with Crippen molar-refractivity contribution in [2.24, 2.45) is 5.92 Å². The van der Waals surface area contributed by atoms with Gasteiger partial charge in [-0.1, -0.05) is 12.8 Å². The van der Waals surface area contributed by atoms with Gasteiger partial charge in [0.1, 0.15) is 5.82 Å². The number of pyridine rings is 1. The first kappa shape index (κ1) is 21.8. The molecule has 1 N–H and O–H groups in total. The zero-order valence-corrected chi connectivity index (χ0v) is 19.2. The van der Waals surface area contributed by atoms with Crippen LogP contribution in [0.3, 0.4) is 0 Å². The van der Waals surface area contributed by atoms with E-state index in [2.05, 4.69) is 9.97 Å². The molecule has 2 aromatic heterocycles. The van der Waals surface area contributed by atoms with Gasteiger partial charge in [0.2, 0.25) is 5.91 Å². The van der Waals surface area contributed by atoms with Gasteiger partial charge in [0, 0.05) is 37.3 Å². The predicted molar refractivity (Wildman–Crippen MR) is 123 cm³/mol. The summed E-state index contributed by atoms with van der Waals surface area (Å²) in [6.45, 7) is 3.44. The van der Waals surface area contributed by atoms with E-state index in [0.717, 1.165) is 56.3 Å². The van der Waals surface area contributed by atoms with Gasteiger partial charge in [-0.3, -0.25) is 19.4 Å².